The Labute approximate surface area is 223 Å². The van der Waals surface area contributed by atoms with Crippen LogP contribution >= 0.6 is 0 Å². The number of ether oxygens (including phenoxy) is 1. The maximum absolute atomic E-state index is 12.3. The summed E-state index contributed by atoms with van der Waals surface area (Å²) in [5.41, 5.74) is 3.88. The van der Waals surface area contributed by atoms with Crippen LogP contribution in [0.3, 0.4) is 0 Å². The van der Waals surface area contributed by atoms with Gasteiger partial charge in [-0.2, -0.15) is 4.98 Å². The van der Waals surface area contributed by atoms with Crippen molar-refractivity contribution in [3.63, 3.8) is 0 Å². The maximum Gasteiger partial charge on any atom is 0.235 e. The first kappa shape index (κ1) is 25.8. The number of aromatic nitrogens is 3. The third kappa shape index (κ3) is 5.39. The van der Waals surface area contributed by atoms with Crippen molar-refractivity contribution < 1.29 is 13.2 Å². The molecule has 0 unspecified atom stereocenters. The zero-order valence-electron chi connectivity index (χ0n) is 22.0. The van der Waals surface area contributed by atoms with E-state index in [0.29, 0.717) is 17.3 Å². The molecule has 200 valence electrons. The third-order valence-electron chi connectivity index (χ3n) is 6.71. The number of anilines is 4. The number of fused-ring (bicyclic) bond motifs is 1. The minimum absolute atomic E-state index is 0.448. The number of methoxy groups -OCH3 is 1. The first-order valence-electron chi connectivity index (χ1n) is 12.6. The van der Waals surface area contributed by atoms with Gasteiger partial charge in [0.05, 0.1) is 23.7 Å². The van der Waals surface area contributed by atoms with Crippen molar-refractivity contribution in [3.8, 4) is 11.4 Å². The number of piperazine rings is 1. The molecule has 0 aliphatic carbocycles. The molecular formula is C27H33N7O3S. The smallest absolute Gasteiger partial charge is 0.235 e. The molecule has 2 aromatic carbocycles. The molecule has 0 radical (unpaired) electrons. The fourth-order valence-electron chi connectivity index (χ4n) is 4.38. The van der Waals surface area contributed by atoms with E-state index in [0.717, 1.165) is 54.4 Å². The Morgan fingerprint density at radius 3 is 2.53 bits per heavy atom. The number of sulfonamides is 1. The van der Waals surface area contributed by atoms with Crippen molar-refractivity contribution in [2.24, 2.45) is 0 Å². The largest absolute Gasteiger partial charge is 0.495 e. The normalized spacial score (nSPS) is 14.7. The number of hydrogen-bond donors (Lipinski definition) is 2. The van der Waals surface area contributed by atoms with E-state index in [9.17, 15) is 8.42 Å². The molecule has 0 saturated carbocycles. The van der Waals surface area contributed by atoms with Crippen LogP contribution in [0.2, 0.25) is 0 Å². The van der Waals surface area contributed by atoms with Crippen LogP contribution in [0.1, 0.15) is 13.8 Å². The molecule has 5 rings (SSSR count). The highest BCUT2D eigenvalue weighted by molar-refractivity contribution is 7.93. The van der Waals surface area contributed by atoms with Crippen molar-refractivity contribution in [2.45, 2.75) is 19.1 Å². The van der Waals surface area contributed by atoms with Gasteiger partial charge in [-0.05, 0) is 57.3 Å². The Hall–Kier alpha value is -3.83. The second-order valence-corrected chi connectivity index (χ2v) is 11.9. The fraction of sp³-hybridized carbons (Fsp3) is 0.333. The summed E-state index contributed by atoms with van der Waals surface area (Å²) in [5, 5.41) is 3.63. The zero-order valence-corrected chi connectivity index (χ0v) is 22.9. The summed E-state index contributed by atoms with van der Waals surface area (Å²) in [6.45, 7) is 7.23. The molecule has 1 aliphatic rings. The van der Waals surface area contributed by atoms with Crippen LogP contribution in [0.25, 0.3) is 16.7 Å². The van der Waals surface area contributed by atoms with Gasteiger partial charge in [0.2, 0.25) is 16.0 Å². The lowest BCUT2D eigenvalue weighted by atomic mass is 10.2. The number of nitrogens with zero attached hydrogens (tertiary/aromatic N) is 5. The molecule has 11 heteroatoms. The number of nitrogens with one attached hydrogen (secondary N) is 2. The topological polar surface area (TPSA) is 105 Å². The molecule has 1 aliphatic heterocycles. The summed E-state index contributed by atoms with van der Waals surface area (Å²) in [4.78, 5) is 13.9. The first-order chi connectivity index (χ1) is 18.2. The van der Waals surface area contributed by atoms with E-state index >= 15 is 0 Å². The third-order valence-corrected chi connectivity index (χ3v) is 8.47. The summed E-state index contributed by atoms with van der Waals surface area (Å²) in [6, 6.07) is 15.2. The van der Waals surface area contributed by atoms with E-state index in [4.69, 9.17) is 9.72 Å². The predicted molar refractivity (Wildman–Crippen MR) is 153 cm³/mol. The minimum atomic E-state index is -3.45. The summed E-state index contributed by atoms with van der Waals surface area (Å²) in [7, 11) is 0.373. The maximum atomic E-state index is 12.3. The number of hydrogen-bond acceptors (Lipinski definition) is 8. The molecule has 10 nitrogen and oxygen atoms in total. The lowest BCUT2D eigenvalue weighted by Gasteiger charge is -2.34. The minimum Gasteiger partial charge on any atom is -0.495 e. The Bertz CT molecular complexity index is 1540. The Balaban J connectivity index is 1.40. The second-order valence-electron chi connectivity index (χ2n) is 9.71. The van der Waals surface area contributed by atoms with Crippen molar-refractivity contribution in [2.75, 3.05) is 55.3 Å². The highest BCUT2D eigenvalue weighted by Gasteiger charge is 2.19. The SMILES string of the molecule is COc1cc(Nc2ncc3ccn(-c4cccc(NS(=O)(=O)C(C)C)c4)c3n2)ccc1N1CCN(C)CC1. The first-order valence-corrected chi connectivity index (χ1v) is 14.1. The molecule has 2 N–H and O–H groups in total. The monoisotopic (exact) mass is 535 g/mol. The Morgan fingerprint density at radius 2 is 1.79 bits per heavy atom. The Kier molecular flexibility index (Phi) is 7.13. The van der Waals surface area contributed by atoms with Gasteiger partial charge in [0, 0.05) is 61.4 Å². The van der Waals surface area contributed by atoms with Gasteiger partial charge < -0.3 is 24.4 Å². The van der Waals surface area contributed by atoms with E-state index < -0.39 is 15.3 Å². The van der Waals surface area contributed by atoms with Crippen molar-refractivity contribution in [1.29, 1.82) is 0 Å². The van der Waals surface area contributed by atoms with Gasteiger partial charge in [0.1, 0.15) is 11.4 Å². The van der Waals surface area contributed by atoms with Crippen molar-refractivity contribution >= 4 is 44.1 Å². The predicted octanol–water partition coefficient (Wildman–Crippen LogP) is 4.07. The summed E-state index contributed by atoms with van der Waals surface area (Å²) in [6.07, 6.45) is 3.66. The van der Waals surface area contributed by atoms with Gasteiger partial charge in [-0.25, -0.2) is 13.4 Å². The summed E-state index contributed by atoms with van der Waals surface area (Å²) < 4.78 is 34.9. The molecule has 1 fully saturated rings. The van der Waals surface area contributed by atoms with Crippen LogP contribution in [0.5, 0.6) is 5.75 Å². The van der Waals surface area contributed by atoms with Crippen molar-refractivity contribution in [1.82, 2.24) is 19.4 Å². The zero-order chi connectivity index (χ0) is 26.9. The summed E-state index contributed by atoms with van der Waals surface area (Å²) in [5.74, 6) is 1.24. The van der Waals surface area contributed by atoms with E-state index in [2.05, 4.69) is 37.9 Å². The molecule has 0 bridgehead atoms. The summed E-state index contributed by atoms with van der Waals surface area (Å²) >= 11 is 0. The fourth-order valence-corrected chi connectivity index (χ4v) is 5.07. The second kappa shape index (κ2) is 10.5. The average Bonchev–Trinajstić information content (AvgIpc) is 3.32. The van der Waals surface area contributed by atoms with E-state index in [1.165, 1.54) is 0 Å². The van der Waals surface area contributed by atoms with Gasteiger partial charge in [0.25, 0.3) is 0 Å². The number of rotatable bonds is 8. The molecular weight excluding hydrogens is 502 g/mol. The van der Waals surface area contributed by atoms with E-state index in [1.807, 2.05) is 41.1 Å². The van der Waals surface area contributed by atoms with Crippen LogP contribution in [0.4, 0.5) is 23.0 Å². The molecule has 38 heavy (non-hydrogen) atoms. The van der Waals surface area contributed by atoms with Gasteiger partial charge in [-0.3, -0.25) is 4.72 Å². The molecule has 2 aromatic heterocycles. The highest BCUT2D eigenvalue weighted by Crippen LogP contribution is 2.33. The standard InChI is InChI=1S/C27H33N7O3S/c1-19(2)38(35,36)31-22-6-5-7-23(16-22)34-11-10-20-18-28-27(30-26(20)34)29-21-8-9-24(25(17-21)37-4)33-14-12-32(3)13-15-33/h5-11,16-19,31H,12-15H2,1-4H3,(H,28,29,30). The van der Waals surface area contributed by atoms with Crippen LogP contribution in [0, 0.1) is 0 Å². The molecule has 0 amide bonds. The van der Waals surface area contributed by atoms with Crippen LogP contribution < -0.4 is 19.7 Å². The van der Waals surface area contributed by atoms with Gasteiger partial charge in [-0.1, -0.05) is 6.07 Å². The van der Waals surface area contributed by atoms with Crippen LogP contribution in [0.15, 0.2) is 60.9 Å². The quantitative estimate of drug-likeness (QED) is 0.348. The average molecular weight is 536 g/mol. The highest BCUT2D eigenvalue weighted by atomic mass is 32.2. The van der Waals surface area contributed by atoms with Gasteiger partial charge >= 0.3 is 0 Å². The van der Waals surface area contributed by atoms with E-state index in [-0.39, 0.29) is 0 Å². The lowest BCUT2D eigenvalue weighted by Crippen LogP contribution is -2.44. The van der Waals surface area contributed by atoms with Crippen LogP contribution in [-0.2, 0) is 10.0 Å². The van der Waals surface area contributed by atoms with Gasteiger partial charge in [0.15, 0.2) is 0 Å². The molecule has 1 saturated heterocycles. The molecule has 0 spiro atoms. The Morgan fingerprint density at radius 1 is 1.00 bits per heavy atom. The van der Waals surface area contributed by atoms with E-state index in [1.54, 1.807) is 39.3 Å². The van der Waals surface area contributed by atoms with Crippen molar-refractivity contribution in [3.05, 3.63) is 60.9 Å². The number of likely N-dealkylation sites (N-methyl/N-ethyl adjacent to an activating group) is 1. The lowest BCUT2D eigenvalue weighted by molar-refractivity contribution is 0.311. The van der Waals surface area contributed by atoms with Crippen LogP contribution in [-0.4, -0.2) is 73.4 Å². The molecule has 3 heterocycles. The van der Waals surface area contributed by atoms with Gasteiger partial charge in [-0.15, -0.1) is 0 Å². The molecule has 0 atom stereocenters. The number of benzene rings is 2. The molecule has 4 aromatic rings.